The van der Waals surface area contributed by atoms with E-state index in [1.807, 2.05) is 38.1 Å². The Labute approximate surface area is 129 Å². The monoisotopic (exact) mass is 303 g/mol. The summed E-state index contributed by atoms with van der Waals surface area (Å²) in [6, 6.07) is 8.12. The average Bonchev–Trinajstić information content (AvgIpc) is 2.44. The fourth-order valence-corrected chi connectivity index (χ4v) is 2.89. The molecule has 1 aromatic carbocycles. The molecular weight excluding hydrogens is 282 g/mol. The van der Waals surface area contributed by atoms with Crippen LogP contribution in [0.4, 0.5) is 0 Å². The van der Waals surface area contributed by atoms with Crippen LogP contribution in [0.25, 0.3) is 10.9 Å². The van der Waals surface area contributed by atoms with E-state index in [1.54, 1.807) is 0 Å². The average molecular weight is 303 g/mol. The van der Waals surface area contributed by atoms with Crippen LogP contribution in [-0.4, -0.2) is 27.7 Å². The van der Waals surface area contributed by atoms with Crippen LogP contribution in [0.5, 0.6) is 0 Å². The van der Waals surface area contributed by atoms with Crippen LogP contribution in [0.15, 0.2) is 29.3 Å². The maximum absolute atomic E-state index is 11.8. The summed E-state index contributed by atoms with van der Waals surface area (Å²) in [6.07, 6.45) is 1.87. The third kappa shape index (κ3) is 4.43. The van der Waals surface area contributed by atoms with E-state index in [2.05, 4.69) is 22.2 Å². The molecule has 5 heteroatoms. The molecule has 21 heavy (non-hydrogen) atoms. The second kappa shape index (κ2) is 7.41. The highest BCUT2D eigenvalue weighted by Crippen LogP contribution is 2.25. The Morgan fingerprint density at radius 3 is 2.76 bits per heavy atom. The Kier molecular flexibility index (Phi) is 5.56. The molecule has 0 aliphatic rings. The molecule has 0 saturated carbocycles. The molecule has 0 bridgehead atoms. The summed E-state index contributed by atoms with van der Waals surface area (Å²) in [4.78, 5) is 21.0. The Morgan fingerprint density at radius 2 is 2.05 bits per heavy atom. The van der Waals surface area contributed by atoms with Crippen LogP contribution in [0, 0.1) is 0 Å². The molecule has 0 aliphatic heterocycles. The molecule has 0 aliphatic carbocycles. The van der Waals surface area contributed by atoms with Gasteiger partial charge in [0.25, 0.3) is 0 Å². The lowest BCUT2D eigenvalue weighted by molar-refractivity contribution is -0.119. The van der Waals surface area contributed by atoms with Crippen molar-refractivity contribution < 1.29 is 4.79 Å². The van der Waals surface area contributed by atoms with E-state index >= 15 is 0 Å². The van der Waals surface area contributed by atoms with Gasteiger partial charge in [-0.15, -0.1) is 0 Å². The van der Waals surface area contributed by atoms with Gasteiger partial charge in [-0.05, 0) is 26.3 Å². The highest BCUT2D eigenvalue weighted by molar-refractivity contribution is 8.00. The minimum Gasteiger partial charge on any atom is -0.353 e. The van der Waals surface area contributed by atoms with E-state index in [4.69, 9.17) is 0 Å². The molecule has 0 saturated heterocycles. The number of aryl methyl sites for hydroxylation is 1. The molecular formula is C16H21N3OS. The second-order valence-electron chi connectivity index (χ2n) is 5.22. The number of thioether (sulfide) groups is 1. The number of amides is 1. The predicted molar refractivity (Wildman–Crippen MR) is 87.5 cm³/mol. The Bertz CT molecular complexity index is 628. The van der Waals surface area contributed by atoms with Crippen molar-refractivity contribution in [2.75, 3.05) is 5.75 Å². The molecule has 0 radical (unpaired) electrons. The van der Waals surface area contributed by atoms with Gasteiger partial charge in [-0.25, -0.2) is 9.97 Å². The van der Waals surface area contributed by atoms with Crippen molar-refractivity contribution in [1.82, 2.24) is 15.3 Å². The van der Waals surface area contributed by atoms with Crippen molar-refractivity contribution in [2.45, 2.75) is 44.7 Å². The normalized spacial score (nSPS) is 11.0. The van der Waals surface area contributed by atoms with E-state index in [1.165, 1.54) is 11.8 Å². The first-order valence-electron chi connectivity index (χ1n) is 7.28. The molecule has 0 atom stereocenters. The lowest BCUT2D eigenvalue weighted by Gasteiger charge is -2.10. The van der Waals surface area contributed by atoms with Crippen molar-refractivity contribution in [1.29, 1.82) is 0 Å². The second-order valence-corrected chi connectivity index (χ2v) is 6.19. The smallest absolute Gasteiger partial charge is 0.230 e. The number of rotatable bonds is 6. The van der Waals surface area contributed by atoms with Gasteiger partial charge in [0.2, 0.25) is 5.91 Å². The van der Waals surface area contributed by atoms with Crippen LogP contribution in [0.1, 0.15) is 33.0 Å². The number of hydrogen-bond donors (Lipinski definition) is 1. The summed E-state index contributed by atoms with van der Waals surface area (Å²) in [5.74, 6) is 1.27. The van der Waals surface area contributed by atoms with E-state index in [0.29, 0.717) is 5.75 Å². The topological polar surface area (TPSA) is 54.9 Å². The zero-order valence-electron chi connectivity index (χ0n) is 12.7. The number of aromatic nitrogens is 2. The lowest BCUT2D eigenvalue weighted by atomic mass is 10.2. The molecule has 1 aromatic heterocycles. The molecule has 0 spiro atoms. The number of fused-ring (bicyclic) bond motifs is 1. The molecule has 1 N–H and O–H groups in total. The van der Waals surface area contributed by atoms with Gasteiger partial charge < -0.3 is 5.32 Å². The molecule has 2 aromatic rings. The van der Waals surface area contributed by atoms with Crippen molar-refractivity contribution in [3.8, 4) is 0 Å². The summed E-state index contributed by atoms with van der Waals surface area (Å²) in [6.45, 7) is 6.03. The van der Waals surface area contributed by atoms with E-state index < -0.39 is 0 Å². The van der Waals surface area contributed by atoms with Crippen LogP contribution in [-0.2, 0) is 11.2 Å². The fraction of sp³-hybridized carbons (Fsp3) is 0.438. The molecule has 0 fully saturated rings. The third-order valence-corrected chi connectivity index (χ3v) is 3.87. The van der Waals surface area contributed by atoms with Crippen LogP contribution in [0.2, 0.25) is 0 Å². The summed E-state index contributed by atoms with van der Waals surface area (Å²) < 4.78 is 0. The zero-order valence-corrected chi connectivity index (χ0v) is 13.5. The number of carbonyl (C=O) groups is 1. The van der Waals surface area contributed by atoms with E-state index in [0.717, 1.165) is 34.6 Å². The highest BCUT2D eigenvalue weighted by Gasteiger charge is 2.10. The highest BCUT2D eigenvalue weighted by atomic mass is 32.2. The number of nitrogens with one attached hydrogen (secondary N) is 1. The van der Waals surface area contributed by atoms with Gasteiger partial charge in [-0.1, -0.05) is 36.9 Å². The van der Waals surface area contributed by atoms with Crippen molar-refractivity contribution >= 4 is 28.6 Å². The minimum absolute atomic E-state index is 0.0368. The molecule has 112 valence electrons. The van der Waals surface area contributed by atoms with Gasteiger partial charge in [0.15, 0.2) is 0 Å². The van der Waals surface area contributed by atoms with Crippen LogP contribution in [0.3, 0.4) is 0 Å². The van der Waals surface area contributed by atoms with E-state index in [9.17, 15) is 4.79 Å². The summed E-state index contributed by atoms with van der Waals surface area (Å²) in [5, 5.41) is 4.80. The Morgan fingerprint density at radius 1 is 1.29 bits per heavy atom. The SMILES string of the molecule is CCCc1nc(SCC(=O)NC(C)C)c2ccccc2n1. The van der Waals surface area contributed by atoms with E-state index in [-0.39, 0.29) is 11.9 Å². The molecule has 2 rings (SSSR count). The van der Waals surface area contributed by atoms with Gasteiger partial charge in [0, 0.05) is 17.8 Å². The number of para-hydroxylation sites is 1. The maximum Gasteiger partial charge on any atom is 0.230 e. The summed E-state index contributed by atoms with van der Waals surface area (Å²) in [5.41, 5.74) is 0.947. The van der Waals surface area contributed by atoms with Gasteiger partial charge >= 0.3 is 0 Å². The fourth-order valence-electron chi connectivity index (χ4n) is 2.04. The number of benzene rings is 1. The van der Waals surface area contributed by atoms with Crippen molar-refractivity contribution in [3.05, 3.63) is 30.1 Å². The predicted octanol–water partition coefficient (Wildman–Crippen LogP) is 3.20. The molecule has 1 amide bonds. The molecule has 1 heterocycles. The standard InChI is InChI=1S/C16H21N3OS/c1-4-7-14-18-13-9-6-5-8-12(13)16(19-14)21-10-15(20)17-11(2)3/h5-6,8-9,11H,4,7,10H2,1-3H3,(H,17,20). The van der Waals surface area contributed by atoms with Gasteiger partial charge in [0.1, 0.15) is 10.9 Å². The number of nitrogens with zero attached hydrogens (tertiary/aromatic N) is 2. The number of hydrogen-bond acceptors (Lipinski definition) is 4. The molecule has 0 unspecified atom stereocenters. The summed E-state index contributed by atoms with van der Waals surface area (Å²) in [7, 11) is 0. The number of carbonyl (C=O) groups excluding carboxylic acids is 1. The quantitative estimate of drug-likeness (QED) is 0.658. The lowest BCUT2D eigenvalue weighted by Crippen LogP contribution is -2.31. The first kappa shape index (κ1) is 15.8. The van der Waals surface area contributed by atoms with Gasteiger partial charge in [-0.3, -0.25) is 4.79 Å². The van der Waals surface area contributed by atoms with Crippen LogP contribution < -0.4 is 5.32 Å². The van der Waals surface area contributed by atoms with Gasteiger partial charge in [0.05, 0.1) is 11.3 Å². The maximum atomic E-state index is 11.8. The third-order valence-electron chi connectivity index (χ3n) is 2.88. The zero-order chi connectivity index (χ0) is 15.2. The molecule has 4 nitrogen and oxygen atoms in total. The van der Waals surface area contributed by atoms with Crippen molar-refractivity contribution in [3.63, 3.8) is 0 Å². The Hall–Kier alpha value is -1.62. The Balaban J connectivity index is 2.22. The van der Waals surface area contributed by atoms with Crippen molar-refractivity contribution in [2.24, 2.45) is 0 Å². The van der Waals surface area contributed by atoms with Crippen LogP contribution >= 0.6 is 11.8 Å². The first-order chi connectivity index (χ1) is 10.1. The first-order valence-corrected chi connectivity index (χ1v) is 8.26. The minimum atomic E-state index is 0.0368. The summed E-state index contributed by atoms with van der Waals surface area (Å²) >= 11 is 1.48. The van der Waals surface area contributed by atoms with Gasteiger partial charge in [-0.2, -0.15) is 0 Å². The largest absolute Gasteiger partial charge is 0.353 e.